The van der Waals surface area contributed by atoms with Crippen LogP contribution in [0.5, 0.6) is 0 Å². The van der Waals surface area contributed by atoms with Crippen LogP contribution < -0.4 is 0 Å². The molecule has 0 bridgehead atoms. The van der Waals surface area contributed by atoms with Crippen molar-refractivity contribution in [2.75, 3.05) is 13.2 Å². The molecule has 18 heavy (non-hydrogen) atoms. The highest BCUT2D eigenvalue weighted by Crippen LogP contribution is 2.39. The van der Waals surface area contributed by atoms with Crippen molar-refractivity contribution in [1.82, 2.24) is 5.23 Å². The monoisotopic (exact) mass is 273 g/mol. The number of hydroxylamine groups is 2. The van der Waals surface area contributed by atoms with Crippen molar-refractivity contribution in [3.05, 3.63) is 0 Å². The summed E-state index contributed by atoms with van der Waals surface area (Å²) >= 11 is 0. The molecule has 2 aliphatic rings. The highest BCUT2D eigenvalue weighted by Gasteiger charge is 2.55. The molecule has 0 N–H and O–H groups in total. The van der Waals surface area contributed by atoms with Crippen LogP contribution >= 0.6 is 0 Å². The number of ketones is 1. The summed E-state index contributed by atoms with van der Waals surface area (Å²) in [6.07, 6.45) is 0.916. The highest BCUT2D eigenvalue weighted by atomic mass is 28.4. The Hall–Kier alpha value is -0.273. The number of ether oxygens (including phenoxy) is 1. The zero-order chi connectivity index (χ0) is 13.6. The van der Waals surface area contributed by atoms with Crippen LogP contribution in [0.3, 0.4) is 0 Å². The van der Waals surface area contributed by atoms with E-state index >= 15 is 0 Å². The fraction of sp³-hybridized carbons (Fsp3) is 0.917. The van der Waals surface area contributed by atoms with E-state index in [2.05, 4.69) is 19.6 Å². The van der Waals surface area contributed by atoms with Gasteiger partial charge in [0.1, 0.15) is 11.6 Å². The minimum Gasteiger partial charge on any atom is -0.366 e. The van der Waals surface area contributed by atoms with Crippen LogP contribution in [0.25, 0.3) is 0 Å². The largest absolute Gasteiger partial charge is 0.366 e. The van der Waals surface area contributed by atoms with E-state index < -0.39 is 13.9 Å². The molecular formula is C12H23NO4Si. The van der Waals surface area contributed by atoms with Crippen molar-refractivity contribution in [3.8, 4) is 0 Å². The highest BCUT2D eigenvalue weighted by molar-refractivity contribution is 6.69. The summed E-state index contributed by atoms with van der Waals surface area (Å²) in [6, 6.07) is -0.129. The lowest BCUT2D eigenvalue weighted by Gasteiger charge is -2.43. The van der Waals surface area contributed by atoms with Gasteiger partial charge in [0.2, 0.25) is 8.32 Å². The molecule has 2 saturated heterocycles. The van der Waals surface area contributed by atoms with E-state index in [-0.39, 0.29) is 11.8 Å². The molecule has 0 aromatic carbocycles. The zero-order valence-electron chi connectivity index (χ0n) is 11.9. The van der Waals surface area contributed by atoms with Crippen LogP contribution in [0.15, 0.2) is 0 Å². The smallest absolute Gasteiger partial charge is 0.215 e. The minimum atomic E-state index is -1.76. The predicted molar refractivity (Wildman–Crippen MR) is 69.2 cm³/mol. The minimum absolute atomic E-state index is 0.0341. The lowest BCUT2D eigenvalue weighted by Crippen LogP contribution is -2.60. The molecule has 5 nitrogen and oxygen atoms in total. The molecule has 0 spiro atoms. The van der Waals surface area contributed by atoms with Gasteiger partial charge in [0.15, 0.2) is 5.78 Å². The molecule has 0 aromatic heterocycles. The first-order valence-electron chi connectivity index (χ1n) is 6.50. The third-order valence-corrected chi connectivity index (χ3v) is 4.33. The topological polar surface area (TPSA) is 48.0 Å². The number of nitrogens with zero attached hydrogens (tertiary/aromatic N) is 1. The lowest BCUT2D eigenvalue weighted by molar-refractivity contribution is -0.331. The second-order valence-electron chi connectivity index (χ2n) is 6.29. The van der Waals surface area contributed by atoms with Gasteiger partial charge in [-0.3, -0.25) is 9.63 Å². The molecule has 2 fully saturated rings. The summed E-state index contributed by atoms with van der Waals surface area (Å²) in [4.78, 5) is 17.6. The van der Waals surface area contributed by atoms with Crippen molar-refractivity contribution in [2.24, 2.45) is 5.92 Å². The Bertz CT molecular complexity index is 343. The molecule has 0 amide bonds. The molecule has 0 aromatic rings. The third-order valence-electron chi connectivity index (χ3n) is 3.61. The van der Waals surface area contributed by atoms with Gasteiger partial charge in [0, 0.05) is 12.5 Å². The summed E-state index contributed by atoms with van der Waals surface area (Å²) in [5, 5.41) is 1.55. The molecule has 0 saturated carbocycles. The summed E-state index contributed by atoms with van der Waals surface area (Å²) in [7, 11) is -1.76. The standard InChI is InChI=1S/C12H23NO4Si/c1-9(14)12(2)11-10(6-7-15-12)8-16-13(11)17-18(3,4)5/h10-11H,6-8H2,1-5H3. The fourth-order valence-electron chi connectivity index (χ4n) is 2.58. The lowest BCUT2D eigenvalue weighted by atomic mass is 9.80. The number of rotatable bonds is 3. The molecule has 0 radical (unpaired) electrons. The van der Waals surface area contributed by atoms with Crippen LogP contribution in [0, 0.1) is 5.92 Å². The number of Topliss-reactive ketones (excluding diaryl/α,β-unsaturated/α-hetero) is 1. The van der Waals surface area contributed by atoms with E-state index in [4.69, 9.17) is 14.1 Å². The molecule has 6 heteroatoms. The fourth-order valence-corrected chi connectivity index (χ4v) is 3.28. The second kappa shape index (κ2) is 4.68. The van der Waals surface area contributed by atoms with Gasteiger partial charge in [-0.2, -0.15) is 0 Å². The van der Waals surface area contributed by atoms with E-state index in [1.54, 1.807) is 12.2 Å². The van der Waals surface area contributed by atoms with Gasteiger partial charge < -0.3 is 9.26 Å². The summed E-state index contributed by atoms with van der Waals surface area (Å²) < 4.78 is 11.7. The van der Waals surface area contributed by atoms with Crippen LogP contribution in [-0.4, -0.2) is 44.2 Å². The normalized spacial score (nSPS) is 37.6. The van der Waals surface area contributed by atoms with Crippen molar-refractivity contribution in [2.45, 2.75) is 51.6 Å². The number of hydrogen-bond acceptors (Lipinski definition) is 5. The van der Waals surface area contributed by atoms with Gasteiger partial charge in [-0.25, -0.2) is 0 Å². The Morgan fingerprint density at radius 3 is 2.67 bits per heavy atom. The van der Waals surface area contributed by atoms with Crippen molar-refractivity contribution in [3.63, 3.8) is 0 Å². The van der Waals surface area contributed by atoms with Crippen LogP contribution in [0.2, 0.25) is 19.6 Å². The van der Waals surface area contributed by atoms with Crippen LogP contribution in [-0.2, 0) is 18.9 Å². The van der Waals surface area contributed by atoms with E-state index in [1.165, 1.54) is 0 Å². The predicted octanol–water partition coefficient (Wildman–Crippen LogP) is 1.75. The van der Waals surface area contributed by atoms with Crippen LogP contribution in [0.4, 0.5) is 0 Å². The first kappa shape index (κ1) is 14.1. The Balaban J connectivity index is 2.22. The first-order valence-corrected chi connectivity index (χ1v) is 9.91. The summed E-state index contributed by atoms with van der Waals surface area (Å²) in [5.74, 6) is 0.343. The zero-order valence-corrected chi connectivity index (χ0v) is 12.9. The van der Waals surface area contributed by atoms with Gasteiger partial charge in [0.05, 0.1) is 6.61 Å². The van der Waals surface area contributed by atoms with Gasteiger partial charge in [-0.05, 0) is 39.9 Å². The number of carbonyl (C=O) groups is 1. The van der Waals surface area contributed by atoms with Crippen LogP contribution in [0.1, 0.15) is 20.3 Å². The average molecular weight is 273 g/mol. The molecular weight excluding hydrogens is 250 g/mol. The summed E-state index contributed by atoms with van der Waals surface area (Å²) in [6.45, 7) is 10.9. The van der Waals surface area contributed by atoms with Crippen molar-refractivity contribution in [1.29, 1.82) is 0 Å². The quantitative estimate of drug-likeness (QED) is 0.733. The maximum Gasteiger partial charge on any atom is 0.215 e. The van der Waals surface area contributed by atoms with Gasteiger partial charge in [-0.1, -0.05) is 5.23 Å². The average Bonchev–Trinajstić information content (AvgIpc) is 2.60. The van der Waals surface area contributed by atoms with Crippen molar-refractivity contribution < 1.29 is 18.9 Å². The Labute approximate surface area is 109 Å². The Morgan fingerprint density at radius 2 is 2.11 bits per heavy atom. The van der Waals surface area contributed by atoms with E-state index in [9.17, 15) is 4.79 Å². The SMILES string of the molecule is CC(=O)C1(C)OCCC2CON(O[Si](C)(C)C)C21. The van der Waals surface area contributed by atoms with E-state index in [1.807, 2.05) is 6.92 Å². The maximum atomic E-state index is 11.9. The Morgan fingerprint density at radius 1 is 1.44 bits per heavy atom. The number of carbonyl (C=O) groups excluding carboxylic acids is 1. The molecule has 3 unspecified atom stereocenters. The molecule has 0 aliphatic carbocycles. The van der Waals surface area contributed by atoms with E-state index in [0.29, 0.717) is 19.1 Å². The first-order chi connectivity index (χ1) is 8.24. The van der Waals surface area contributed by atoms with Gasteiger partial charge in [0.25, 0.3) is 0 Å². The molecule has 2 rings (SSSR count). The summed E-state index contributed by atoms with van der Waals surface area (Å²) in [5.41, 5.74) is -0.820. The molecule has 2 heterocycles. The third kappa shape index (κ3) is 2.53. The van der Waals surface area contributed by atoms with Gasteiger partial charge >= 0.3 is 0 Å². The Kier molecular flexibility index (Phi) is 3.68. The number of fused-ring (bicyclic) bond motifs is 1. The van der Waals surface area contributed by atoms with Gasteiger partial charge in [-0.15, -0.1) is 0 Å². The molecule has 2 aliphatic heterocycles. The number of hydrogen-bond donors (Lipinski definition) is 0. The molecule has 104 valence electrons. The van der Waals surface area contributed by atoms with E-state index in [0.717, 1.165) is 6.42 Å². The van der Waals surface area contributed by atoms with Crippen molar-refractivity contribution >= 4 is 14.1 Å². The maximum absolute atomic E-state index is 11.9. The molecule has 3 atom stereocenters. The second-order valence-corrected chi connectivity index (χ2v) is 10.7.